The quantitative estimate of drug-likeness (QED) is 0.808. The lowest BCUT2D eigenvalue weighted by molar-refractivity contribution is 0.207. The van der Waals surface area contributed by atoms with Crippen LogP contribution in [0.4, 0.5) is 14.9 Å². The molecule has 1 unspecified atom stereocenters. The van der Waals surface area contributed by atoms with Crippen molar-refractivity contribution < 1.29 is 9.18 Å². The summed E-state index contributed by atoms with van der Waals surface area (Å²) in [6, 6.07) is 9.21. The fourth-order valence-corrected chi connectivity index (χ4v) is 2.31. The number of amides is 2. The van der Waals surface area contributed by atoms with Gasteiger partial charge in [0.15, 0.2) is 5.65 Å². The van der Waals surface area contributed by atoms with Crippen LogP contribution in [0.1, 0.15) is 18.5 Å². The molecule has 0 aliphatic carbocycles. The lowest BCUT2D eigenvalue weighted by Crippen LogP contribution is -2.34. The number of benzene rings is 1. The minimum Gasteiger partial charge on any atom is -0.321 e. The van der Waals surface area contributed by atoms with E-state index in [1.54, 1.807) is 61.2 Å². The van der Waals surface area contributed by atoms with Crippen LogP contribution in [-0.2, 0) is 0 Å². The standard InChI is InChI=1S/C16H16FN5O/c1-11(13-5-3-4-6-14(13)17)21(2)16(23)19-12-7-8-15-20-18-10-22(15)9-12/h3-11H,1-2H3,(H,19,23). The van der Waals surface area contributed by atoms with Crippen LogP contribution in [-0.4, -0.2) is 32.6 Å². The highest BCUT2D eigenvalue weighted by atomic mass is 19.1. The maximum absolute atomic E-state index is 13.9. The van der Waals surface area contributed by atoms with Crippen molar-refractivity contribution in [2.75, 3.05) is 12.4 Å². The van der Waals surface area contributed by atoms with Crippen molar-refractivity contribution >= 4 is 17.4 Å². The molecule has 0 saturated heterocycles. The number of pyridine rings is 1. The van der Waals surface area contributed by atoms with Crippen LogP contribution in [0.25, 0.3) is 5.65 Å². The molecule has 0 saturated carbocycles. The van der Waals surface area contributed by atoms with Gasteiger partial charge < -0.3 is 10.2 Å². The van der Waals surface area contributed by atoms with E-state index in [1.165, 1.54) is 11.0 Å². The highest BCUT2D eigenvalue weighted by Gasteiger charge is 2.20. The number of hydrogen-bond donors (Lipinski definition) is 1. The summed E-state index contributed by atoms with van der Waals surface area (Å²) < 4.78 is 15.6. The van der Waals surface area contributed by atoms with Gasteiger partial charge in [-0.25, -0.2) is 9.18 Å². The molecule has 3 aromatic rings. The highest BCUT2D eigenvalue weighted by molar-refractivity contribution is 5.89. The van der Waals surface area contributed by atoms with E-state index in [-0.39, 0.29) is 11.8 Å². The summed E-state index contributed by atoms with van der Waals surface area (Å²) >= 11 is 0. The van der Waals surface area contributed by atoms with Gasteiger partial charge >= 0.3 is 6.03 Å². The average molecular weight is 313 g/mol. The van der Waals surface area contributed by atoms with Crippen LogP contribution in [0.2, 0.25) is 0 Å². The summed E-state index contributed by atoms with van der Waals surface area (Å²) in [5.41, 5.74) is 1.77. The zero-order chi connectivity index (χ0) is 16.4. The summed E-state index contributed by atoms with van der Waals surface area (Å²) in [6.07, 6.45) is 3.27. The largest absolute Gasteiger partial charge is 0.322 e. The average Bonchev–Trinajstić information content (AvgIpc) is 3.01. The van der Waals surface area contributed by atoms with Gasteiger partial charge in [-0.1, -0.05) is 18.2 Å². The van der Waals surface area contributed by atoms with Crippen LogP contribution in [0.15, 0.2) is 48.9 Å². The maximum atomic E-state index is 13.9. The third-order valence-electron chi connectivity index (χ3n) is 3.80. The van der Waals surface area contributed by atoms with Gasteiger partial charge in [-0.15, -0.1) is 10.2 Å². The number of carbonyl (C=O) groups excluding carboxylic acids is 1. The van der Waals surface area contributed by atoms with Crippen molar-refractivity contribution in [2.45, 2.75) is 13.0 Å². The van der Waals surface area contributed by atoms with E-state index in [1.807, 2.05) is 0 Å². The molecule has 2 amide bonds. The number of nitrogens with zero attached hydrogens (tertiary/aromatic N) is 4. The molecule has 0 bridgehead atoms. The van der Waals surface area contributed by atoms with Gasteiger partial charge in [-0.05, 0) is 25.1 Å². The maximum Gasteiger partial charge on any atom is 0.322 e. The van der Waals surface area contributed by atoms with Crippen LogP contribution in [0.5, 0.6) is 0 Å². The first kappa shape index (κ1) is 15.0. The molecule has 0 aliphatic rings. The van der Waals surface area contributed by atoms with Gasteiger partial charge in [-0.3, -0.25) is 4.40 Å². The number of hydrogen-bond acceptors (Lipinski definition) is 3. The number of aromatic nitrogens is 3. The Morgan fingerprint density at radius 2 is 2.09 bits per heavy atom. The molecule has 23 heavy (non-hydrogen) atoms. The molecule has 1 atom stereocenters. The normalized spacial score (nSPS) is 12.1. The second kappa shape index (κ2) is 6.04. The molecule has 0 fully saturated rings. The van der Waals surface area contributed by atoms with Crippen molar-refractivity contribution in [1.82, 2.24) is 19.5 Å². The summed E-state index contributed by atoms with van der Waals surface area (Å²) in [5, 5.41) is 10.5. The Balaban J connectivity index is 1.75. The Hall–Kier alpha value is -2.96. The van der Waals surface area contributed by atoms with Crippen LogP contribution >= 0.6 is 0 Å². The first-order valence-electron chi connectivity index (χ1n) is 7.14. The van der Waals surface area contributed by atoms with Gasteiger partial charge in [0.25, 0.3) is 0 Å². The summed E-state index contributed by atoms with van der Waals surface area (Å²) in [5.74, 6) is -0.328. The molecule has 3 rings (SSSR count). The summed E-state index contributed by atoms with van der Waals surface area (Å²) in [4.78, 5) is 13.8. The Labute approximate surface area is 132 Å². The molecule has 118 valence electrons. The van der Waals surface area contributed by atoms with Gasteiger partial charge in [0.2, 0.25) is 0 Å². The zero-order valence-corrected chi connectivity index (χ0v) is 12.8. The second-order valence-corrected chi connectivity index (χ2v) is 5.25. The van der Waals surface area contributed by atoms with Crippen LogP contribution in [0, 0.1) is 5.82 Å². The SMILES string of the molecule is CC(c1ccccc1F)N(C)C(=O)Nc1ccc2nncn2c1. The molecule has 7 heteroatoms. The molecule has 0 aliphatic heterocycles. The minimum atomic E-state index is -0.394. The van der Waals surface area contributed by atoms with Gasteiger partial charge in [0, 0.05) is 18.8 Å². The van der Waals surface area contributed by atoms with Gasteiger partial charge in [-0.2, -0.15) is 0 Å². The molecular formula is C16H16FN5O. The van der Waals surface area contributed by atoms with E-state index in [0.717, 1.165) is 0 Å². The van der Waals surface area contributed by atoms with Crippen LogP contribution in [0.3, 0.4) is 0 Å². The number of nitrogens with one attached hydrogen (secondary N) is 1. The van der Waals surface area contributed by atoms with Crippen molar-refractivity contribution in [3.8, 4) is 0 Å². The van der Waals surface area contributed by atoms with E-state index in [2.05, 4.69) is 15.5 Å². The number of halogens is 1. The number of rotatable bonds is 3. The Kier molecular flexibility index (Phi) is 3.92. The lowest BCUT2D eigenvalue weighted by Gasteiger charge is -2.25. The number of fused-ring (bicyclic) bond motifs is 1. The molecule has 2 heterocycles. The van der Waals surface area contributed by atoms with E-state index in [0.29, 0.717) is 16.9 Å². The topological polar surface area (TPSA) is 62.5 Å². The van der Waals surface area contributed by atoms with Gasteiger partial charge in [0.05, 0.1) is 11.7 Å². The monoisotopic (exact) mass is 313 g/mol. The third kappa shape index (κ3) is 2.98. The summed E-state index contributed by atoms with van der Waals surface area (Å²) in [7, 11) is 1.63. The predicted molar refractivity (Wildman–Crippen MR) is 84.6 cm³/mol. The van der Waals surface area contributed by atoms with Crippen molar-refractivity contribution in [1.29, 1.82) is 0 Å². The number of urea groups is 1. The Morgan fingerprint density at radius 3 is 2.87 bits per heavy atom. The van der Waals surface area contributed by atoms with Crippen molar-refractivity contribution in [3.05, 3.63) is 60.3 Å². The minimum absolute atomic E-state index is 0.326. The first-order valence-corrected chi connectivity index (χ1v) is 7.14. The highest BCUT2D eigenvalue weighted by Crippen LogP contribution is 2.22. The molecule has 2 aromatic heterocycles. The van der Waals surface area contributed by atoms with Crippen molar-refractivity contribution in [2.24, 2.45) is 0 Å². The Morgan fingerprint density at radius 1 is 1.30 bits per heavy atom. The fourth-order valence-electron chi connectivity index (χ4n) is 2.31. The van der Waals surface area contributed by atoms with E-state index >= 15 is 0 Å². The Bertz CT molecular complexity index is 847. The predicted octanol–water partition coefficient (Wildman–Crippen LogP) is 3.09. The lowest BCUT2D eigenvalue weighted by atomic mass is 10.1. The van der Waals surface area contributed by atoms with E-state index < -0.39 is 6.04 Å². The van der Waals surface area contributed by atoms with Gasteiger partial charge in [0.1, 0.15) is 12.1 Å². The number of carbonyl (C=O) groups is 1. The van der Waals surface area contributed by atoms with Crippen molar-refractivity contribution in [3.63, 3.8) is 0 Å². The van der Waals surface area contributed by atoms with E-state index in [9.17, 15) is 9.18 Å². The fraction of sp³-hybridized carbons (Fsp3) is 0.188. The smallest absolute Gasteiger partial charge is 0.321 e. The molecule has 0 radical (unpaired) electrons. The first-order chi connectivity index (χ1) is 11.1. The molecule has 6 nitrogen and oxygen atoms in total. The summed E-state index contributed by atoms with van der Waals surface area (Å²) in [6.45, 7) is 1.78. The van der Waals surface area contributed by atoms with E-state index in [4.69, 9.17) is 0 Å². The van der Waals surface area contributed by atoms with Crippen LogP contribution < -0.4 is 5.32 Å². The molecule has 1 N–H and O–H groups in total. The number of anilines is 1. The molecule has 1 aromatic carbocycles. The zero-order valence-electron chi connectivity index (χ0n) is 12.8. The molecule has 0 spiro atoms. The second-order valence-electron chi connectivity index (χ2n) is 5.25. The molecular weight excluding hydrogens is 297 g/mol. The third-order valence-corrected chi connectivity index (χ3v) is 3.80.